The second kappa shape index (κ2) is 6.73. The van der Waals surface area contributed by atoms with Gasteiger partial charge in [0.15, 0.2) is 11.5 Å². The molecular weight excluding hydrogens is 338 g/mol. The van der Waals surface area contributed by atoms with Crippen LogP contribution in [0.1, 0.15) is 19.8 Å². The minimum Gasteiger partial charge on any atom is -0.450 e. The Bertz CT molecular complexity index is 674. The summed E-state index contributed by atoms with van der Waals surface area (Å²) >= 11 is 0. The first kappa shape index (κ1) is 17.2. The number of ether oxygens (including phenoxy) is 3. The third-order valence-electron chi connectivity index (χ3n) is 4.06. The summed E-state index contributed by atoms with van der Waals surface area (Å²) in [5, 5.41) is 2.68. The van der Waals surface area contributed by atoms with Crippen molar-refractivity contribution >= 4 is 17.7 Å². The van der Waals surface area contributed by atoms with Crippen LogP contribution in [-0.2, 0) is 9.53 Å². The van der Waals surface area contributed by atoms with Gasteiger partial charge in [0.2, 0.25) is 5.91 Å². The number of piperidine rings is 1. The third-order valence-corrected chi connectivity index (χ3v) is 4.06. The van der Waals surface area contributed by atoms with E-state index in [1.54, 1.807) is 11.8 Å². The molecule has 2 aliphatic heterocycles. The van der Waals surface area contributed by atoms with Gasteiger partial charge in [-0.3, -0.25) is 4.79 Å². The largest absolute Gasteiger partial charge is 0.586 e. The van der Waals surface area contributed by atoms with Crippen LogP contribution in [0.2, 0.25) is 0 Å². The minimum atomic E-state index is -3.69. The summed E-state index contributed by atoms with van der Waals surface area (Å²) in [7, 11) is 0. The van der Waals surface area contributed by atoms with Gasteiger partial charge >= 0.3 is 12.4 Å². The summed E-state index contributed by atoms with van der Waals surface area (Å²) in [5.41, 5.74) is 0.345. The first-order chi connectivity index (χ1) is 11.9. The van der Waals surface area contributed by atoms with E-state index in [0.29, 0.717) is 38.2 Å². The Hall–Kier alpha value is -2.58. The van der Waals surface area contributed by atoms with Crippen molar-refractivity contribution in [1.29, 1.82) is 0 Å². The summed E-state index contributed by atoms with van der Waals surface area (Å²) < 4.78 is 39.6. The van der Waals surface area contributed by atoms with Crippen molar-refractivity contribution in [3.63, 3.8) is 0 Å². The molecule has 0 aliphatic carbocycles. The quantitative estimate of drug-likeness (QED) is 0.901. The van der Waals surface area contributed by atoms with Crippen molar-refractivity contribution in [3.05, 3.63) is 18.2 Å². The predicted octanol–water partition coefficient (Wildman–Crippen LogP) is 2.82. The molecule has 1 aromatic rings. The van der Waals surface area contributed by atoms with E-state index < -0.39 is 6.29 Å². The zero-order valence-corrected chi connectivity index (χ0v) is 13.6. The van der Waals surface area contributed by atoms with Crippen molar-refractivity contribution in [2.45, 2.75) is 26.1 Å². The van der Waals surface area contributed by atoms with Crippen molar-refractivity contribution in [2.75, 3.05) is 25.0 Å². The van der Waals surface area contributed by atoms with Crippen LogP contribution in [0.3, 0.4) is 0 Å². The summed E-state index contributed by atoms with van der Waals surface area (Å²) in [6, 6.07) is 4.08. The molecule has 9 heteroatoms. The fraction of sp³-hybridized carbons (Fsp3) is 0.500. The lowest BCUT2D eigenvalue weighted by molar-refractivity contribution is -0.286. The van der Waals surface area contributed by atoms with Crippen LogP contribution in [-0.4, -0.2) is 42.9 Å². The number of benzene rings is 1. The molecule has 2 aliphatic rings. The van der Waals surface area contributed by atoms with Crippen molar-refractivity contribution in [3.8, 4) is 11.5 Å². The highest BCUT2D eigenvalue weighted by atomic mass is 19.3. The first-order valence-electron chi connectivity index (χ1n) is 8.00. The number of hydrogen-bond acceptors (Lipinski definition) is 5. The molecular formula is C16H18F2N2O5. The molecule has 1 saturated heterocycles. The normalized spacial score (nSPS) is 18.8. The van der Waals surface area contributed by atoms with Crippen LogP contribution in [0.25, 0.3) is 0 Å². The van der Waals surface area contributed by atoms with E-state index in [4.69, 9.17) is 4.74 Å². The van der Waals surface area contributed by atoms with Crippen LogP contribution < -0.4 is 14.8 Å². The van der Waals surface area contributed by atoms with Gasteiger partial charge < -0.3 is 24.4 Å². The molecule has 0 atom stereocenters. The van der Waals surface area contributed by atoms with Gasteiger partial charge in [-0.15, -0.1) is 8.78 Å². The van der Waals surface area contributed by atoms with E-state index in [9.17, 15) is 18.4 Å². The van der Waals surface area contributed by atoms with Crippen LogP contribution in [0.4, 0.5) is 19.3 Å². The lowest BCUT2D eigenvalue weighted by Crippen LogP contribution is -2.41. The van der Waals surface area contributed by atoms with Crippen LogP contribution >= 0.6 is 0 Å². The molecule has 0 spiro atoms. The van der Waals surface area contributed by atoms with Gasteiger partial charge in [0.25, 0.3) is 0 Å². The lowest BCUT2D eigenvalue weighted by atomic mass is 9.96. The number of likely N-dealkylation sites (tertiary alicyclic amines) is 1. The summed E-state index contributed by atoms with van der Waals surface area (Å²) in [4.78, 5) is 25.5. The number of alkyl halides is 2. The highest BCUT2D eigenvalue weighted by Crippen LogP contribution is 2.42. The zero-order valence-electron chi connectivity index (χ0n) is 13.6. The summed E-state index contributed by atoms with van der Waals surface area (Å²) in [5.74, 6) is -0.697. The fourth-order valence-corrected chi connectivity index (χ4v) is 2.81. The van der Waals surface area contributed by atoms with Crippen LogP contribution in [0.15, 0.2) is 18.2 Å². The monoisotopic (exact) mass is 356 g/mol. The topological polar surface area (TPSA) is 77.1 Å². The molecule has 7 nitrogen and oxygen atoms in total. The third kappa shape index (κ3) is 3.92. The van der Waals surface area contributed by atoms with Gasteiger partial charge in [-0.1, -0.05) is 0 Å². The van der Waals surface area contributed by atoms with E-state index in [1.807, 2.05) is 0 Å². The number of nitrogens with zero attached hydrogens (tertiary/aromatic N) is 1. The minimum absolute atomic E-state index is 0.0780. The van der Waals surface area contributed by atoms with Gasteiger partial charge in [-0.25, -0.2) is 4.79 Å². The second-order valence-corrected chi connectivity index (χ2v) is 5.78. The number of amides is 2. The molecule has 0 bridgehead atoms. The van der Waals surface area contributed by atoms with E-state index in [1.165, 1.54) is 18.2 Å². The standard InChI is InChI=1S/C16H18F2N2O5/c1-2-23-15(22)20-7-5-10(6-8-20)14(21)19-11-3-4-12-13(9-11)25-16(17,18)24-12/h3-4,9-10H,2,5-8H2,1H3,(H,19,21). The molecule has 0 unspecified atom stereocenters. The SMILES string of the molecule is CCOC(=O)N1CCC(C(=O)Nc2ccc3c(c2)OC(F)(F)O3)CC1. The number of carbonyl (C=O) groups excluding carboxylic acids is 2. The van der Waals surface area contributed by atoms with Crippen molar-refractivity contribution in [2.24, 2.45) is 5.92 Å². The molecule has 3 rings (SSSR count). The Balaban J connectivity index is 1.55. The Morgan fingerprint density at radius 3 is 2.64 bits per heavy atom. The highest BCUT2D eigenvalue weighted by Gasteiger charge is 2.43. The average molecular weight is 356 g/mol. The average Bonchev–Trinajstić information content (AvgIpc) is 2.88. The molecule has 2 amide bonds. The van der Waals surface area contributed by atoms with Gasteiger partial charge in [0, 0.05) is 30.8 Å². The Morgan fingerprint density at radius 1 is 1.28 bits per heavy atom. The molecule has 0 radical (unpaired) electrons. The molecule has 1 aromatic carbocycles. The molecule has 1 N–H and O–H groups in total. The summed E-state index contributed by atoms with van der Waals surface area (Å²) in [6.07, 6.45) is -3.05. The zero-order chi connectivity index (χ0) is 18.0. The second-order valence-electron chi connectivity index (χ2n) is 5.78. The number of halogens is 2. The molecule has 0 saturated carbocycles. The number of nitrogens with one attached hydrogen (secondary N) is 1. The molecule has 1 fully saturated rings. The molecule has 136 valence electrons. The maximum Gasteiger partial charge on any atom is 0.586 e. The Morgan fingerprint density at radius 2 is 1.96 bits per heavy atom. The Labute approximate surface area is 142 Å². The van der Waals surface area contributed by atoms with E-state index in [-0.39, 0.29) is 29.4 Å². The Kier molecular flexibility index (Phi) is 4.65. The summed E-state index contributed by atoms with van der Waals surface area (Å²) in [6.45, 7) is 2.91. The lowest BCUT2D eigenvalue weighted by Gasteiger charge is -2.30. The maximum absolute atomic E-state index is 13.0. The van der Waals surface area contributed by atoms with Gasteiger partial charge in [-0.05, 0) is 31.9 Å². The first-order valence-corrected chi connectivity index (χ1v) is 8.00. The molecule has 2 heterocycles. The van der Waals surface area contributed by atoms with Crippen LogP contribution in [0.5, 0.6) is 11.5 Å². The number of rotatable bonds is 3. The van der Waals surface area contributed by atoms with Gasteiger partial charge in [0.05, 0.1) is 6.61 Å². The van der Waals surface area contributed by atoms with Gasteiger partial charge in [-0.2, -0.15) is 0 Å². The van der Waals surface area contributed by atoms with Crippen molar-refractivity contribution < 1.29 is 32.6 Å². The van der Waals surface area contributed by atoms with E-state index >= 15 is 0 Å². The molecule has 0 aromatic heterocycles. The number of hydrogen-bond donors (Lipinski definition) is 1. The van der Waals surface area contributed by atoms with Crippen LogP contribution in [0, 0.1) is 5.92 Å². The fourth-order valence-electron chi connectivity index (χ4n) is 2.81. The number of carbonyl (C=O) groups is 2. The van der Waals surface area contributed by atoms with E-state index in [2.05, 4.69) is 14.8 Å². The maximum atomic E-state index is 13.0. The predicted molar refractivity (Wildman–Crippen MR) is 82.6 cm³/mol. The molecule has 25 heavy (non-hydrogen) atoms. The van der Waals surface area contributed by atoms with E-state index in [0.717, 1.165) is 0 Å². The van der Waals surface area contributed by atoms with Crippen molar-refractivity contribution in [1.82, 2.24) is 4.90 Å². The smallest absolute Gasteiger partial charge is 0.450 e. The highest BCUT2D eigenvalue weighted by molar-refractivity contribution is 5.93. The number of fused-ring (bicyclic) bond motifs is 1. The van der Waals surface area contributed by atoms with Gasteiger partial charge in [0.1, 0.15) is 0 Å². The number of anilines is 1.